The van der Waals surface area contributed by atoms with Gasteiger partial charge in [0.2, 0.25) is 0 Å². The molecule has 0 aliphatic heterocycles. The van der Waals surface area contributed by atoms with E-state index in [-0.39, 0.29) is 12.4 Å². The van der Waals surface area contributed by atoms with Gasteiger partial charge in [-0.3, -0.25) is 0 Å². The number of para-hydroxylation sites is 1. The lowest BCUT2D eigenvalue weighted by Crippen LogP contribution is -1.95. The summed E-state index contributed by atoms with van der Waals surface area (Å²) in [6, 6.07) is 9.64. The smallest absolute Gasteiger partial charge is 0.168 e. The fourth-order valence-electron chi connectivity index (χ4n) is 1.59. The second-order valence-corrected chi connectivity index (χ2v) is 4.33. The van der Waals surface area contributed by atoms with Gasteiger partial charge in [-0.25, -0.2) is 4.39 Å². The number of benzene rings is 2. The van der Waals surface area contributed by atoms with Crippen molar-refractivity contribution >= 4 is 11.6 Å². The third-order valence-corrected chi connectivity index (χ3v) is 2.83. The summed E-state index contributed by atoms with van der Waals surface area (Å²) in [7, 11) is 0. The van der Waals surface area contributed by atoms with Crippen LogP contribution in [0, 0.1) is 12.7 Å². The minimum atomic E-state index is -0.529. The van der Waals surface area contributed by atoms with Crippen LogP contribution in [0.5, 0.6) is 11.5 Å². The van der Waals surface area contributed by atoms with E-state index >= 15 is 0 Å². The van der Waals surface area contributed by atoms with Crippen molar-refractivity contribution in [1.82, 2.24) is 0 Å². The lowest BCUT2D eigenvalue weighted by atomic mass is 10.2. The highest BCUT2D eigenvalue weighted by molar-refractivity contribution is 6.32. The molecular formula is C14H12ClFO2. The van der Waals surface area contributed by atoms with Crippen molar-refractivity contribution in [3.63, 3.8) is 0 Å². The maximum Gasteiger partial charge on any atom is 0.168 e. The Bertz CT molecular complexity index is 570. The van der Waals surface area contributed by atoms with Gasteiger partial charge >= 0.3 is 0 Å². The summed E-state index contributed by atoms with van der Waals surface area (Å²) < 4.78 is 19.2. The van der Waals surface area contributed by atoms with Gasteiger partial charge in [-0.15, -0.1) is 0 Å². The van der Waals surface area contributed by atoms with Gasteiger partial charge in [0.05, 0.1) is 11.6 Å². The molecule has 2 aromatic carbocycles. The topological polar surface area (TPSA) is 29.5 Å². The summed E-state index contributed by atoms with van der Waals surface area (Å²) in [5, 5.41) is 9.56. The molecule has 94 valence electrons. The highest BCUT2D eigenvalue weighted by atomic mass is 35.5. The van der Waals surface area contributed by atoms with Gasteiger partial charge in [-0.2, -0.15) is 0 Å². The van der Waals surface area contributed by atoms with Crippen LogP contribution < -0.4 is 4.74 Å². The Balaban J connectivity index is 2.42. The molecule has 0 spiro atoms. The first-order valence-electron chi connectivity index (χ1n) is 5.44. The van der Waals surface area contributed by atoms with Crippen LogP contribution in [-0.4, -0.2) is 5.11 Å². The Hall–Kier alpha value is -1.58. The number of halogens is 2. The van der Waals surface area contributed by atoms with Crippen LogP contribution in [0.25, 0.3) is 0 Å². The number of aryl methyl sites for hydroxylation is 1. The van der Waals surface area contributed by atoms with Crippen LogP contribution in [0.4, 0.5) is 4.39 Å². The Morgan fingerprint density at radius 3 is 2.78 bits per heavy atom. The molecule has 0 bridgehead atoms. The monoisotopic (exact) mass is 266 g/mol. The number of aliphatic hydroxyl groups excluding tert-OH is 1. The molecule has 0 atom stereocenters. The van der Waals surface area contributed by atoms with E-state index < -0.39 is 5.82 Å². The fourth-order valence-corrected chi connectivity index (χ4v) is 1.75. The standard InChI is InChI=1S/C14H12ClFO2/c1-9-5-6-11(15)13(7-9)18-14-10(8-17)3-2-4-12(14)16/h2-7,17H,8H2,1H3. The first-order valence-corrected chi connectivity index (χ1v) is 5.82. The number of hydrogen-bond acceptors (Lipinski definition) is 2. The van der Waals surface area contributed by atoms with Crippen molar-refractivity contribution in [2.24, 2.45) is 0 Å². The molecule has 0 heterocycles. The minimum absolute atomic E-state index is 0.00694. The first-order chi connectivity index (χ1) is 8.61. The number of hydrogen-bond donors (Lipinski definition) is 1. The van der Waals surface area contributed by atoms with Crippen LogP contribution in [0.2, 0.25) is 5.02 Å². The summed E-state index contributed by atoms with van der Waals surface area (Å²) in [4.78, 5) is 0. The third kappa shape index (κ3) is 2.63. The number of aliphatic hydroxyl groups is 1. The quantitative estimate of drug-likeness (QED) is 0.907. The van der Waals surface area contributed by atoms with Gasteiger partial charge in [0.25, 0.3) is 0 Å². The van der Waals surface area contributed by atoms with Gasteiger partial charge < -0.3 is 9.84 Å². The van der Waals surface area contributed by atoms with Gasteiger partial charge in [0.1, 0.15) is 5.75 Å². The number of ether oxygens (including phenoxy) is 1. The molecule has 2 aromatic rings. The van der Waals surface area contributed by atoms with Crippen LogP contribution in [0.3, 0.4) is 0 Å². The van der Waals surface area contributed by atoms with E-state index in [9.17, 15) is 4.39 Å². The third-order valence-electron chi connectivity index (χ3n) is 2.52. The molecule has 4 heteroatoms. The molecule has 2 rings (SSSR count). The van der Waals surface area contributed by atoms with E-state index in [1.54, 1.807) is 18.2 Å². The van der Waals surface area contributed by atoms with Crippen molar-refractivity contribution in [3.05, 3.63) is 58.4 Å². The lowest BCUT2D eigenvalue weighted by molar-refractivity contribution is 0.274. The van der Waals surface area contributed by atoms with Crippen molar-refractivity contribution in [3.8, 4) is 11.5 Å². The molecule has 0 saturated carbocycles. The van der Waals surface area contributed by atoms with Crippen molar-refractivity contribution in [2.45, 2.75) is 13.5 Å². The second kappa shape index (κ2) is 5.38. The van der Waals surface area contributed by atoms with Gasteiger partial charge in [-0.1, -0.05) is 29.8 Å². The van der Waals surface area contributed by atoms with Crippen LogP contribution in [0.15, 0.2) is 36.4 Å². The molecule has 0 radical (unpaired) electrons. The molecule has 0 fully saturated rings. The maximum atomic E-state index is 13.7. The van der Waals surface area contributed by atoms with Crippen molar-refractivity contribution in [1.29, 1.82) is 0 Å². The highest BCUT2D eigenvalue weighted by Gasteiger charge is 2.12. The van der Waals surface area contributed by atoms with Gasteiger partial charge in [0, 0.05) is 5.56 Å². The van der Waals surface area contributed by atoms with E-state index in [4.69, 9.17) is 21.4 Å². The molecule has 0 aromatic heterocycles. The Morgan fingerprint density at radius 1 is 1.28 bits per heavy atom. The largest absolute Gasteiger partial charge is 0.452 e. The highest BCUT2D eigenvalue weighted by Crippen LogP contribution is 2.33. The van der Waals surface area contributed by atoms with Crippen molar-refractivity contribution < 1.29 is 14.2 Å². The van der Waals surface area contributed by atoms with E-state index in [1.807, 2.05) is 13.0 Å². The van der Waals surface area contributed by atoms with Crippen molar-refractivity contribution in [2.75, 3.05) is 0 Å². The minimum Gasteiger partial charge on any atom is -0.452 e. The molecular weight excluding hydrogens is 255 g/mol. The second-order valence-electron chi connectivity index (χ2n) is 3.92. The maximum absolute atomic E-state index is 13.7. The average molecular weight is 267 g/mol. The lowest BCUT2D eigenvalue weighted by Gasteiger charge is -2.12. The molecule has 0 unspecified atom stereocenters. The summed E-state index contributed by atoms with van der Waals surface area (Å²) in [6.07, 6.45) is 0. The molecule has 18 heavy (non-hydrogen) atoms. The van der Waals surface area contributed by atoms with Crippen LogP contribution >= 0.6 is 11.6 Å². The zero-order valence-electron chi connectivity index (χ0n) is 9.78. The van der Waals surface area contributed by atoms with E-state index in [0.717, 1.165) is 5.56 Å². The van der Waals surface area contributed by atoms with Crippen LogP contribution in [0.1, 0.15) is 11.1 Å². The molecule has 1 N–H and O–H groups in total. The molecule has 0 aliphatic rings. The predicted molar refractivity (Wildman–Crippen MR) is 68.6 cm³/mol. The summed E-state index contributed by atoms with van der Waals surface area (Å²) >= 11 is 5.98. The predicted octanol–water partition coefficient (Wildman–Crippen LogP) is 4.07. The average Bonchev–Trinajstić information content (AvgIpc) is 2.36. The van der Waals surface area contributed by atoms with E-state index in [1.165, 1.54) is 12.1 Å². The van der Waals surface area contributed by atoms with Crippen LogP contribution in [-0.2, 0) is 6.61 Å². The zero-order chi connectivity index (χ0) is 13.1. The Labute approximate surface area is 110 Å². The first kappa shape index (κ1) is 12.9. The normalized spacial score (nSPS) is 10.4. The van der Waals surface area contributed by atoms with Gasteiger partial charge in [-0.05, 0) is 30.7 Å². The SMILES string of the molecule is Cc1ccc(Cl)c(Oc2c(F)cccc2CO)c1. The Morgan fingerprint density at radius 2 is 2.06 bits per heavy atom. The molecule has 0 aliphatic carbocycles. The summed E-state index contributed by atoms with van der Waals surface area (Å²) in [5.74, 6) is -0.150. The zero-order valence-corrected chi connectivity index (χ0v) is 10.5. The van der Waals surface area contributed by atoms with E-state index in [2.05, 4.69) is 0 Å². The fraction of sp³-hybridized carbons (Fsp3) is 0.143. The molecule has 0 saturated heterocycles. The summed E-state index contributed by atoms with van der Waals surface area (Å²) in [6.45, 7) is 1.59. The number of rotatable bonds is 3. The summed E-state index contributed by atoms with van der Waals surface area (Å²) in [5.41, 5.74) is 1.34. The Kier molecular flexibility index (Phi) is 3.84. The van der Waals surface area contributed by atoms with E-state index in [0.29, 0.717) is 16.3 Å². The molecule has 0 amide bonds. The van der Waals surface area contributed by atoms with Gasteiger partial charge in [0.15, 0.2) is 11.6 Å². The molecule has 2 nitrogen and oxygen atoms in total.